The molecule has 9 heteroatoms. The Kier molecular flexibility index (Phi) is 5.77. The monoisotopic (exact) mass is 323 g/mol. The molecule has 0 aliphatic carbocycles. The van der Waals surface area contributed by atoms with Crippen LogP contribution in [0.15, 0.2) is 18.2 Å². The Balaban J connectivity index is 3.10. The van der Waals surface area contributed by atoms with E-state index in [1.807, 2.05) is 5.32 Å². The van der Waals surface area contributed by atoms with E-state index in [1.54, 1.807) is 13.8 Å². The fourth-order valence-corrected chi connectivity index (χ4v) is 1.93. The maximum absolute atomic E-state index is 12.2. The lowest BCUT2D eigenvalue weighted by atomic mass is 10.1. The van der Waals surface area contributed by atoms with E-state index < -0.39 is 40.5 Å². The number of rotatable bonds is 5. The molecule has 0 fully saturated rings. The number of nitro benzene ring substituents is 1. The van der Waals surface area contributed by atoms with Gasteiger partial charge in [0.1, 0.15) is 5.56 Å². The van der Waals surface area contributed by atoms with Crippen LogP contribution in [0, 0.1) is 23.0 Å². The number of ether oxygens (including phenoxy) is 1. The maximum atomic E-state index is 12.2. The first-order valence-corrected chi connectivity index (χ1v) is 6.70. The van der Waals surface area contributed by atoms with Crippen molar-refractivity contribution in [3.05, 3.63) is 39.4 Å². The summed E-state index contributed by atoms with van der Waals surface area (Å²) in [6, 6.07) is 3.09. The third-order valence-electron chi connectivity index (χ3n) is 2.98. The van der Waals surface area contributed by atoms with Crippen molar-refractivity contribution in [1.29, 1.82) is 0 Å². The minimum atomic E-state index is -1.31. The predicted octanol–water partition coefficient (Wildman–Crippen LogP) is 1.28. The Morgan fingerprint density at radius 2 is 1.91 bits per heavy atom. The normalized spacial score (nSPS) is 11.7. The van der Waals surface area contributed by atoms with Gasteiger partial charge in [-0.05, 0) is 18.9 Å². The molecule has 9 nitrogen and oxygen atoms in total. The van der Waals surface area contributed by atoms with Gasteiger partial charge >= 0.3 is 12.0 Å². The fourth-order valence-electron chi connectivity index (χ4n) is 1.93. The Morgan fingerprint density at radius 3 is 2.39 bits per heavy atom. The van der Waals surface area contributed by atoms with Crippen LogP contribution in [0.3, 0.4) is 0 Å². The number of nitrogens with one attached hydrogen (secondary N) is 1. The van der Waals surface area contributed by atoms with Gasteiger partial charge in [-0.2, -0.15) is 0 Å². The molecule has 0 bridgehead atoms. The van der Waals surface area contributed by atoms with E-state index in [1.165, 1.54) is 25.1 Å². The molecule has 0 spiro atoms. The van der Waals surface area contributed by atoms with Gasteiger partial charge in [0.25, 0.3) is 11.6 Å². The summed E-state index contributed by atoms with van der Waals surface area (Å²) in [4.78, 5) is 45.2. The second-order valence-corrected chi connectivity index (χ2v) is 5.15. The zero-order valence-electron chi connectivity index (χ0n) is 12.9. The summed E-state index contributed by atoms with van der Waals surface area (Å²) in [5, 5.41) is 12.9. The van der Waals surface area contributed by atoms with E-state index >= 15 is 0 Å². The van der Waals surface area contributed by atoms with Crippen molar-refractivity contribution in [3.63, 3.8) is 0 Å². The average molecular weight is 323 g/mol. The molecule has 0 radical (unpaired) electrons. The number of imide groups is 1. The second-order valence-electron chi connectivity index (χ2n) is 5.15. The summed E-state index contributed by atoms with van der Waals surface area (Å²) in [7, 11) is 0. The third-order valence-corrected chi connectivity index (χ3v) is 2.98. The zero-order valence-corrected chi connectivity index (χ0v) is 12.9. The van der Waals surface area contributed by atoms with Crippen molar-refractivity contribution < 1.29 is 24.0 Å². The molecule has 23 heavy (non-hydrogen) atoms. The minimum absolute atomic E-state index is 0.271. The van der Waals surface area contributed by atoms with Crippen LogP contribution in [0.2, 0.25) is 0 Å². The molecule has 3 N–H and O–H groups in total. The van der Waals surface area contributed by atoms with Crippen molar-refractivity contribution in [3.8, 4) is 0 Å². The predicted molar refractivity (Wildman–Crippen MR) is 79.6 cm³/mol. The van der Waals surface area contributed by atoms with E-state index in [-0.39, 0.29) is 11.1 Å². The van der Waals surface area contributed by atoms with Gasteiger partial charge in [0.15, 0.2) is 6.10 Å². The molecular weight excluding hydrogens is 306 g/mol. The van der Waals surface area contributed by atoms with Crippen LogP contribution >= 0.6 is 0 Å². The van der Waals surface area contributed by atoms with Crippen LogP contribution in [0.5, 0.6) is 0 Å². The van der Waals surface area contributed by atoms with Crippen LogP contribution in [-0.4, -0.2) is 28.9 Å². The number of carbonyl (C=O) groups is 3. The molecule has 1 rings (SSSR count). The van der Waals surface area contributed by atoms with Gasteiger partial charge in [-0.1, -0.05) is 26.0 Å². The molecule has 1 aromatic carbocycles. The highest BCUT2D eigenvalue weighted by molar-refractivity contribution is 5.99. The first-order valence-electron chi connectivity index (χ1n) is 6.70. The number of carbonyl (C=O) groups excluding carboxylic acids is 3. The zero-order chi connectivity index (χ0) is 17.7. The number of urea groups is 1. The van der Waals surface area contributed by atoms with Crippen molar-refractivity contribution in [2.45, 2.75) is 26.9 Å². The molecule has 1 atom stereocenters. The van der Waals surface area contributed by atoms with Gasteiger partial charge in [0.05, 0.1) is 4.92 Å². The van der Waals surface area contributed by atoms with Gasteiger partial charge < -0.3 is 10.5 Å². The number of para-hydroxylation sites is 1. The number of primary amides is 1. The standard InChI is InChI=1S/C14H17N3O6/c1-7(2)11(12(18)16-14(15)20)23-13(19)9-6-4-5-8(3)10(9)17(21)22/h4-7,11H,1-3H3,(H3,15,16,18,20)/t11-/m0/s1. The fraction of sp³-hybridized carbons (Fsp3) is 0.357. The van der Waals surface area contributed by atoms with Gasteiger partial charge in [-0.25, -0.2) is 9.59 Å². The van der Waals surface area contributed by atoms with Gasteiger partial charge in [-0.15, -0.1) is 0 Å². The van der Waals surface area contributed by atoms with Gasteiger partial charge in [-0.3, -0.25) is 20.2 Å². The number of nitrogens with zero attached hydrogens (tertiary/aromatic N) is 1. The van der Waals surface area contributed by atoms with E-state index in [0.717, 1.165) is 0 Å². The molecule has 0 aromatic heterocycles. The molecule has 0 aliphatic rings. The Bertz CT molecular complexity index is 656. The highest BCUT2D eigenvalue weighted by Crippen LogP contribution is 2.24. The number of nitro groups is 1. The Morgan fingerprint density at radius 1 is 1.30 bits per heavy atom. The Hall–Kier alpha value is -2.97. The van der Waals surface area contributed by atoms with Crippen LogP contribution in [0.4, 0.5) is 10.5 Å². The molecule has 0 aliphatic heterocycles. The second kappa shape index (κ2) is 7.34. The topological polar surface area (TPSA) is 142 Å². The number of hydrogen-bond donors (Lipinski definition) is 2. The van der Waals surface area contributed by atoms with Crippen molar-refractivity contribution in [2.24, 2.45) is 11.7 Å². The summed E-state index contributed by atoms with van der Waals surface area (Å²) in [5.41, 5.74) is 4.48. The first kappa shape index (κ1) is 18.1. The molecule has 0 unspecified atom stereocenters. The summed E-state index contributed by atoms with van der Waals surface area (Å²) in [5.74, 6) is -2.39. The molecule has 124 valence electrons. The van der Waals surface area contributed by atoms with Crippen LogP contribution in [0.25, 0.3) is 0 Å². The van der Waals surface area contributed by atoms with Crippen molar-refractivity contribution >= 4 is 23.6 Å². The lowest BCUT2D eigenvalue weighted by molar-refractivity contribution is -0.385. The first-order chi connectivity index (χ1) is 10.6. The number of nitrogens with two attached hydrogens (primary N) is 1. The average Bonchev–Trinajstić information content (AvgIpc) is 2.42. The van der Waals surface area contributed by atoms with Crippen molar-refractivity contribution in [1.82, 2.24) is 5.32 Å². The minimum Gasteiger partial charge on any atom is -0.448 e. The largest absolute Gasteiger partial charge is 0.448 e. The van der Waals surface area contributed by atoms with E-state index in [0.29, 0.717) is 0 Å². The molecule has 0 heterocycles. The third kappa shape index (κ3) is 4.50. The number of aryl methyl sites for hydroxylation is 1. The molecule has 0 saturated carbocycles. The molecular formula is C14H17N3O6. The summed E-state index contributed by atoms with van der Waals surface area (Å²) >= 11 is 0. The summed E-state index contributed by atoms with van der Waals surface area (Å²) < 4.78 is 5.04. The lowest BCUT2D eigenvalue weighted by Crippen LogP contribution is -2.45. The van der Waals surface area contributed by atoms with E-state index in [2.05, 4.69) is 0 Å². The van der Waals surface area contributed by atoms with Gasteiger partial charge in [0.2, 0.25) is 0 Å². The van der Waals surface area contributed by atoms with E-state index in [4.69, 9.17) is 10.5 Å². The van der Waals surface area contributed by atoms with Gasteiger partial charge in [0, 0.05) is 5.56 Å². The summed E-state index contributed by atoms with van der Waals surface area (Å²) in [6.07, 6.45) is -1.31. The summed E-state index contributed by atoms with van der Waals surface area (Å²) in [6.45, 7) is 4.65. The van der Waals surface area contributed by atoms with Crippen LogP contribution in [0.1, 0.15) is 29.8 Å². The number of esters is 1. The number of hydrogen-bond acceptors (Lipinski definition) is 6. The van der Waals surface area contributed by atoms with Crippen LogP contribution < -0.4 is 11.1 Å². The number of benzene rings is 1. The van der Waals surface area contributed by atoms with Crippen molar-refractivity contribution in [2.75, 3.05) is 0 Å². The van der Waals surface area contributed by atoms with E-state index in [9.17, 15) is 24.5 Å². The Labute approximate surface area is 131 Å². The highest BCUT2D eigenvalue weighted by Gasteiger charge is 2.31. The lowest BCUT2D eigenvalue weighted by Gasteiger charge is -2.19. The smallest absolute Gasteiger partial charge is 0.345 e. The SMILES string of the molecule is Cc1cccc(C(=O)O[C@H](C(=O)NC(N)=O)C(C)C)c1[N+](=O)[O-]. The number of amides is 3. The molecule has 0 saturated heterocycles. The van der Waals surface area contributed by atoms with Crippen LogP contribution in [-0.2, 0) is 9.53 Å². The maximum Gasteiger partial charge on any atom is 0.345 e. The highest BCUT2D eigenvalue weighted by atomic mass is 16.6. The molecule has 1 aromatic rings. The molecule has 3 amide bonds. The quantitative estimate of drug-likeness (QED) is 0.475.